The Balaban J connectivity index is 1.52. The highest BCUT2D eigenvalue weighted by Gasteiger charge is 2.26. The molecule has 0 aliphatic carbocycles. The average molecular weight is 394 g/mol. The summed E-state index contributed by atoms with van der Waals surface area (Å²) >= 11 is 12.1. The zero-order chi connectivity index (χ0) is 18.5. The highest BCUT2D eigenvalue weighted by Crippen LogP contribution is 2.32. The summed E-state index contributed by atoms with van der Waals surface area (Å²) in [6.45, 7) is 5.59. The van der Waals surface area contributed by atoms with Gasteiger partial charge in [-0.1, -0.05) is 35.3 Å². The molecule has 1 saturated heterocycles. The van der Waals surface area contributed by atoms with Crippen LogP contribution in [0.4, 0.5) is 0 Å². The smallest absolute Gasteiger partial charge is 0.263 e. The lowest BCUT2D eigenvalue weighted by Gasteiger charge is -2.35. The van der Waals surface area contributed by atoms with E-state index in [0.29, 0.717) is 28.9 Å². The van der Waals surface area contributed by atoms with Gasteiger partial charge in [0, 0.05) is 45.1 Å². The molecule has 5 nitrogen and oxygen atoms in total. The molecule has 0 radical (unpaired) electrons. The average Bonchev–Trinajstić information content (AvgIpc) is 2.66. The first-order chi connectivity index (χ1) is 12.5. The largest absolute Gasteiger partial charge is 0.479 e. The number of carbonyl (C=O) groups excluding carboxylic acids is 1. The summed E-state index contributed by atoms with van der Waals surface area (Å²) in [5.74, 6) is 0.386. The van der Waals surface area contributed by atoms with Crippen LogP contribution in [0.1, 0.15) is 12.5 Å². The van der Waals surface area contributed by atoms with Crippen molar-refractivity contribution in [2.24, 2.45) is 0 Å². The van der Waals surface area contributed by atoms with Gasteiger partial charge in [-0.3, -0.25) is 14.7 Å². The summed E-state index contributed by atoms with van der Waals surface area (Å²) in [6, 6.07) is 9.15. The van der Waals surface area contributed by atoms with Crippen molar-refractivity contribution in [2.75, 3.05) is 26.2 Å². The third-order valence-corrected chi connectivity index (χ3v) is 5.18. The Labute approximate surface area is 163 Å². The maximum absolute atomic E-state index is 12.7. The Hall–Kier alpha value is -1.82. The number of pyridine rings is 1. The van der Waals surface area contributed by atoms with E-state index in [4.69, 9.17) is 27.9 Å². The molecule has 26 heavy (non-hydrogen) atoms. The molecule has 7 heteroatoms. The Morgan fingerprint density at radius 3 is 2.65 bits per heavy atom. The van der Waals surface area contributed by atoms with Crippen molar-refractivity contribution in [3.8, 4) is 5.75 Å². The van der Waals surface area contributed by atoms with Crippen molar-refractivity contribution in [2.45, 2.75) is 19.6 Å². The molecule has 1 aromatic carbocycles. The molecule has 0 saturated carbocycles. The molecule has 0 unspecified atom stereocenters. The van der Waals surface area contributed by atoms with Crippen LogP contribution in [-0.4, -0.2) is 53.0 Å². The standard InChI is InChI=1S/C19H21Cl2N3O2/c1-14(26-17-6-2-5-16(20)18(17)21)19(25)24-10-8-23(9-11-24)13-15-4-3-7-22-12-15/h2-7,12,14H,8-11,13H2,1H3/t14-/m1/s1. The van der Waals surface area contributed by atoms with E-state index in [2.05, 4.69) is 16.0 Å². The number of carbonyl (C=O) groups is 1. The maximum atomic E-state index is 12.7. The van der Waals surface area contributed by atoms with Gasteiger partial charge in [0.15, 0.2) is 6.10 Å². The van der Waals surface area contributed by atoms with Crippen LogP contribution in [-0.2, 0) is 11.3 Å². The first-order valence-corrected chi connectivity index (χ1v) is 9.31. The Kier molecular flexibility index (Phi) is 6.35. The highest BCUT2D eigenvalue weighted by molar-refractivity contribution is 6.42. The van der Waals surface area contributed by atoms with Crippen molar-refractivity contribution in [3.63, 3.8) is 0 Å². The van der Waals surface area contributed by atoms with Crippen molar-refractivity contribution in [1.82, 2.24) is 14.8 Å². The lowest BCUT2D eigenvalue weighted by molar-refractivity contribution is -0.139. The fraction of sp³-hybridized carbons (Fsp3) is 0.368. The molecule has 1 fully saturated rings. The molecule has 138 valence electrons. The monoisotopic (exact) mass is 393 g/mol. The molecule has 0 N–H and O–H groups in total. The van der Waals surface area contributed by atoms with Gasteiger partial charge in [-0.15, -0.1) is 0 Å². The summed E-state index contributed by atoms with van der Waals surface area (Å²) in [5, 5.41) is 0.739. The number of benzene rings is 1. The predicted molar refractivity (Wildman–Crippen MR) is 103 cm³/mol. The fourth-order valence-electron chi connectivity index (χ4n) is 2.95. The number of aromatic nitrogens is 1. The van der Waals surface area contributed by atoms with Gasteiger partial charge >= 0.3 is 0 Å². The van der Waals surface area contributed by atoms with E-state index in [0.717, 1.165) is 19.6 Å². The second-order valence-electron chi connectivity index (χ2n) is 6.27. The van der Waals surface area contributed by atoms with Gasteiger partial charge in [-0.05, 0) is 30.7 Å². The minimum absolute atomic E-state index is 0.0398. The zero-order valence-corrected chi connectivity index (χ0v) is 16.1. The van der Waals surface area contributed by atoms with Crippen LogP contribution >= 0.6 is 23.2 Å². The van der Waals surface area contributed by atoms with Gasteiger partial charge in [0.25, 0.3) is 5.91 Å². The number of amides is 1. The number of hydrogen-bond donors (Lipinski definition) is 0. The fourth-order valence-corrected chi connectivity index (χ4v) is 3.29. The van der Waals surface area contributed by atoms with E-state index in [9.17, 15) is 4.79 Å². The number of nitrogens with zero attached hydrogens (tertiary/aromatic N) is 3. The van der Waals surface area contributed by atoms with E-state index in [1.54, 1.807) is 31.3 Å². The molecular formula is C19H21Cl2N3O2. The molecule has 1 amide bonds. The number of halogens is 2. The SMILES string of the molecule is C[C@@H](Oc1cccc(Cl)c1Cl)C(=O)N1CCN(Cc2cccnc2)CC1. The van der Waals surface area contributed by atoms with Gasteiger partial charge in [-0.25, -0.2) is 0 Å². The predicted octanol–water partition coefficient (Wildman–Crippen LogP) is 3.50. The molecule has 1 aliphatic rings. The topological polar surface area (TPSA) is 45.7 Å². The Morgan fingerprint density at radius 1 is 1.19 bits per heavy atom. The highest BCUT2D eigenvalue weighted by atomic mass is 35.5. The van der Waals surface area contributed by atoms with Crippen LogP contribution in [0.25, 0.3) is 0 Å². The summed E-state index contributed by atoms with van der Waals surface area (Å²) in [5.41, 5.74) is 1.18. The van der Waals surface area contributed by atoms with Crippen LogP contribution in [0.3, 0.4) is 0 Å². The first-order valence-electron chi connectivity index (χ1n) is 8.55. The number of rotatable bonds is 5. The quantitative estimate of drug-likeness (QED) is 0.779. The second kappa shape index (κ2) is 8.71. The van der Waals surface area contributed by atoms with Gasteiger partial charge < -0.3 is 9.64 Å². The summed E-state index contributed by atoms with van der Waals surface area (Å²) < 4.78 is 5.73. The number of piperazine rings is 1. The van der Waals surface area contributed by atoms with E-state index in [1.165, 1.54) is 5.56 Å². The molecular weight excluding hydrogens is 373 g/mol. The van der Waals surface area contributed by atoms with E-state index >= 15 is 0 Å². The molecule has 1 aliphatic heterocycles. The number of hydrogen-bond acceptors (Lipinski definition) is 4. The summed E-state index contributed by atoms with van der Waals surface area (Å²) in [7, 11) is 0. The van der Waals surface area contributed by atoms with E-state index < -0.39 is 6.10 Å². The summed E-state index contributed by atoms with van der Waals surface area (Å²) in [4.78, 5) is 21.0. The van der Waals surface area contributed by atoms with Gasteiger partial charge in [0.1, 0.15) is 10.8 Å². The second-order valence-corrected chi connectivity index (χ2v) is 7.06. The van der Waals surface area contributed by atoms with Crippen molar-refractivity contribution in [1.29, 1.82) is 0 Å². The Morgan fingerprint density at radius 2 is 1.96 bits per heavy atom. The molecule has 0 spiro atoms. The van der Waals surface area contributed by atoms with Crippen LogP contribution in [0.5, 0.6) is 5.75 Å². The van der Waals surface area contributed by atoms with Crippen LogP contribution in [0, 0.1) is 0 Å². The van der Waals surface area contributed by atoms with Crippen molar-refractivity contribution >= 4 is 29.1 Å². The minimum Gasteiger partial charge on any atom is -0.479 e. The van der Waals surface area contributed by atoms with Gasteiger partial charge in [0.2, 0.25) is 0 Å². The van der Waals surface area contributed by atoms with Crippen LogP contribution in [0.15, 0.2) is 42.7 Å². The van der Waals surface area contributed by atoms with E-state index in [1.807, 2.05) is 17.2 Å². The number of ether oxygens (including phenoxy) is 1. The van der Waals surface area contributed by atoms with Crippen molar-refractivity contribution < 1.29 is 9.53 Å². The zero-order valence-electron chi connectivity index (χ0n) is 14.6. The molecule has 3 rings (SSSR count). The Bertz CT molecular complexity index is 750. The minimum atomic E-state index is -0.615. The van der Waals surface area contributed by atoms with Gasteiger partial charge in [-0.2, -0.15) is 0 Å². The normalized spacial score (nSPS) is 16.3. The van der Waals surface area contributed by atoms with Crippen LogP contribution in [0.2, 0.25) is 10.0 Å². The maximum Gasteiger partial charge on any atom is 0.263 e. The lowest BCUT2D eigenvalue weighted by Crippen LogP contribution is -2.51. The lowest BCUT2D eigenvalue weighted by atomic mass is 10.2. The third-order valence-electron chi connectivity index (χ3n) is 4.38. The summed E-state index contributed by atoms with van der Waals surface area (Å²) in [6.07, 6.45) is 3.03. The molecule has 1 aromatic heterocycles. The third kappa shape index (κ3) is 4.67. The van der Waals surface area contributed by atoms with Gasteiger partial charge in [0.05, 0.1) is 5.02 Å². The van der Waals surface area contributed by atoms with E-state index in [-0.39, 0.29) is 5.91 Å². The molecule has 2 heterocycles. The van der Waals surface area contributed by atoms with Crippen molar-refractivity contribution in [3.05, 3.63) is 58.3 Å². The molecule has 1 atom stereocenters. The molecule has 0 bridgehead atoms. The van der Waals surface area contributed by atoms with Crippen LogP contribution < -0.4 is 4.74 Å². The molecule has 2 aromatic rings. The first kappa shape index (κ1) is 19.0.